The highest BCUT2D eigenvalue weighted by molar-refractivity contribution is 6.10. The fraction of sp³-hybridized carbons (Fsp3) is 0.0612. The zero-order chi connectivity index (χ0) is 36.1. The second-order valence-electron chi connectivity index (χ2n) is 14.0. The first-order valence-electron chi connectivity index (χ1n) is 17.9. The first-order valence-corrected chi connectivity index (χ1v) is 17.9. The van der Waals surface area contributed by atoms with Gasteiger partial charge in [-0.25, -0.2) is 0 Å². The molecule has 4 N–H and O–H groups in total. The Morgan fingerprint density at radius 2 is 0.849 bits per heavy atom. The van der Waals surface area contributed by atoms with E-state index in [1.54, 1.807) is 0 Å². The molecule has 0 amide bonds. The maximum absolute atomic E-state index is 13.7. The first kappa shape index (κ1) is 32.1. The number of rotatable bonds is 8. The van der Waals surface area contributed by atoms with E-state index in [-0.39, 0.29) is 24.4 Å². The quantitative estimate of drug-likeness (QED) is 0.123. The fourth-order valence-corrected chi connectivity index (χ4v) is 8.40. The molecule has 8 aromatic carbocycles. The molecule has 0 unspecified atom stereocenters. The molecule has 8 aromatic rings. The third-order valence-electron chi connectivity index (χ3n) is 10.9. The molecule has 0 saturated carbocycles. The van der Waals surface area contributed by atoms with Gasteiger partial charge in [0.2, 0.25) is 0 Å². The van der Waals surface area contributed by atoms with Crippen molar-refractivity contribution in [1.29, 1.82) is 0 Å². The zero-order valence-electron chi connectivity index (χ0n) is 29.1. The van der Waals surface area contributed by atoms with Crippen molar-refractivity contribution in [3.63, 3.8) is 0 Å². The lowest BCUT2D eigenvalue weighted by molar-refractivity contribution is 0.0986. The van der Waals surface area contributed by atoms with E-state index < -0.39 is 5.41 Å². The van der Waals surface area contributed by atoms with Crippen LogP contribution in [0.2, 0.25) is 0 Å². The van der Waals surface area contributed by atoms with Crippen molar-refractivity contribution in [2.45, 2.75) is 18.3 Å². The van der Waals surface area contributed by atoms with Crippen LogP contribution in [0.1, 0.15) is 54.1 Å². The number of nitrogen functional groups attached to an aromatic ring is 2. The summed E-state index contributed by atoms with van der Waals surface area (Å²) < 4.78 is 0. The Morgan fingerprint density at radius 3 is 1.28 bits per heavy atom. The summed E-state index contributed by atoms with van der Waals surface area (Å²) in [6.45, 7) is 0. The van der Waals surface area contributed by atoms with Gasteiger partial charge in [0.1, 0.15) is 0 Å². The van der Waals surface area contributed by atoms with E-state index in [4.69, 9.17) is 11.5 Å². The topological polar surface area (TPSA) is 86.2 Å². The lowest BCUT2D eigenvalue weighted by Crippen LogP contribution is -2.28. The highest BCUT2D eigenvalue weighted by Crippen LogP contribution is 2.56. The lowest BCUT2D eigenvalue weighted by atomic mass is 9.67. The molecule has 0 bridgehead atoms. The predicted molar refractivity (Wildman–Crippen MR) is 217 cm³/mol. The molecule has 0 spiro atoms. The van der Waals surface area contributed by atoms with Gasteiger partial charge in [0.05, 0.1) is 5.41 Å². The molecule has 0 fully saturated rings. The third kappa shape index (κ3) is 5.39. The van der Waals surface area contributed by atoms with Crippen LogP contribution in [0.5, 0.6) is 0 Å². The zero-order valence-corrected chi connectivity index (χ0v) is 29.1. The number of fused-ring (bicyclic) bond motifs is 5. The number of hydrogen-bond acceptors (Lipinski definition) is 4. The molecule has 254 valence electrons. The van der Waals surface area contributed by atoms with E-state index in [9.17, 15) is 9.59 Å². The number of hydrogen-bond donors (Lipinski definition) is 2. The summed E-state index contributed by atoms with van der Waals surface area (Å²) in [6, 6.07) is 57.3. The average molecular weight is 685 g/mol. The molecule has 0 radical (unpaired) electrons. The van der Waals surface area contributed by atoms with E-state index in [2.05, 4.69) is 97.1 Å². The standard InChI is InChI=1S/C49H36N2O2/c50-37-25-19-33-7-5-11-41(43(33)29-37)47(52)27-31-15-21-35(22-16-31)49(45-13-3-1-9-39(45)40-10-2-4-14-46(40)49)36-23-17-32(18-24-36)28-48(53)42-12-6-8-34-20-26-38(51)30-44(34)42/h1-26,29-30H,27-28,50-51H2. The van der Waals surface area contributed by atoms with Gasteiger partial charge in [-0.3, -0.25) is 9.59 Å². The highest BCUT2D eigenvalue weighted by atomic mass is 16.1. The first-order chi connectivity index (χ1) is 25.9. The number of carbonyl (C=O) groups is 2. The Balaban J connectivity index is 1.09. The number of benzene rings is 8. The van der Waals surface area contributed by atoms with Crippen LogP contribution in [0.3, 0.4) is 0 Å². The predicted octanol–water partition coefficient (Wildman–Crippen LogP) is 10.4. The van der Waals surface area contributed by atoms with Gasteiger partial charge in [-0.2, -0.15) is 0 Å². The largest absolute Gasteiger partial charge is 0.399 e. The molecule has 0 aliphatic heterocycles. The molecule has 9 rings (SSSR count). The average Bonchev–Trinajstić information content (AvgIpc) is 3.49. The lowest BCUT2D eigenvalue weighted by Gasteiger charge is -2.34. The van der Waals surface area contributed by atoms with Crippen LogP contribution >= 0.6 is 0 Å². The molecule has 0 atom stereocenters. The number of nitrogens with two attached hydrogens (primary N) is 2. The van der Waals surface area contributed by atoms with Crippen LogP contribution in [-0.2, 0) is 18.3 Å². The number of Topliss-reactive ketones (excluding diaryl/α,β-unsaturated/α-hetero) is 2. The summed E-state index contributed by atoms with van der Waals surface area (Å²) in [5.74, 6) is 0.106. The Morgan fingerprint density at radius 1 is 0.434 bits per heavy atom. The Hall–Kier alpha value is -6.78. The molecule has 0 aromatic heterocycles. The van der Waals surface area contributed by atoms with Gasteiger partial charge >= 0.3 is 0 Å². The van der Waals surface area contributed by atoms with Gasteiger partial charge in [-0.1, -0.05) is 146 Å². The summed E-state index contributed by atoms with van der Waals surface area (Å²) in [5.41, 5.74) is 23.1. The van der Waals surface area contributed by atoms with Crippen molar-refractivity contribution in [2.75, 3.05) is 11.5 Å². The van der Waals surface area contributed by atoms with Gasteiger partial charge in [0, 0.05) is 35.3 Å². The van der Waals surface area contributed by atoms with Crippen molar-refractivity contribution in [3.8, 4) is 11.1 Å². The molecule has 53 heavy (non-hydrogen) atoms. The van der Waals surface area contributed by atoms with Crippen LogP contribution in [0, 0.1) is 0 Å². The second-order valence-corrected chi connectivity index (χ2v) is 14.0. The summed E-state index contributed by atoms with van der Waals surface area (Å²) in [5, 5.41) is 3.74. The SMILES string of the molecule is Nc1ccc2cccc(C(=O)Cc3ccc(C4(c5ccc(CC(=O)c6cccc7ccc(N)cc67)cc5)c5ccccc5-c5ccccc54)cc3)c2c1. The second kappa shape index (κ2) is 12.8. The van der Waals surface area contributed by atoms with Gasteiger partial charge < -0.3 is 11.5 Å². The number of ketones is 2. The fourth-order valence-electron chi connectivity index (χ4n) is 8.40. The monoisotopic (exact) mass is 684 g/mol. The molecule has 1 aliphatic carbocycles. The van der Waals surface area contributed by atoms with Crippen LogP contribution in [-0.4, -0.2) is 11.6 Å². The van der Waals surface area contributed by atoms with Crippen molar-refractivity contribution in [3.05, 3.63) is 214 Å². The summed E-state index contributed by atoms with van der Waals surface area (Å²) in [6.07, 6.45) is 0.556. The number of anilines is 2. The van der Waals surface area contributed by atoms with Crippen molar-refractivity contribution >= 4 is 44.5 Å². The van der Waals surface area contributed by atoms with Gasteiger partial charge in [0.15, 0.2) is 11.6 Å². The minimum Gasteiger partial charge on any atom is -0.399 e. The summed E-state index contributed by atoms with van der Waals surface area (Å²) in [7, 11) is 0. The van der Waals surface area contributed by atoms with E-state index >= 15 is 0 Å². The Labute approximate surface area is 308 Å². The molecule has 1 aliphatic rings. The van der Waals surface area contributed by atoms with Gasteiger partial charge in [-0.15, -0.1) is 0 Å². The van der Waals surface area contributed by atoms with Crippen molar-refractivity contribution in [2.24, 2.45) is 0 Å². The van der Waals surface area contributed by atoms with Crippen molar-refractivity contribution in [1.82, 2.24) is 0 Å². The summed E-state index contributed by atoms with van der Waals surface area (Å²) in [4.78, 5) is 27.4. The van der Waals surface area contributed by atoms with Crippen molar-refractivity contribution < 1.29 is 9.59 Å². The van der Waals surface area contributed by atoms with E-state index in [0.717, 1.165) is 43.8 Å². The van der Waals surface area contributed by atoms with Gasteiger partial charge in [0.25, 0.3) is 0 Å². The van der Waals surface area contributed by atoms with Crippen LogP contribution in [0.15, 0.2) is 170 Å². The smallest absolute Gasteiger partial charge is 0.167 e. The third-order valence-corrected chi connectivity index (χ3v) is 10.9. The Bertz CT molecular complexity index is 2540. The maximum atomic E-state index is 13.7. The normalized spacial score (nSPS) is 12.8. The van der Waals surface area contributed by atoms with Crippen LogP contribution in [0.4, 0.5) is 11.4 Å². The minimum atomic E-state index is -0.599. The molecule has 4 heteroatoms. The van der Waals surface area contributed by atoms with E-state index in [1.165, 1.54) is 22.3 Å². The molecular weight excluding hydrogens is 649 g/mol. The summed E-state index contributed by atoms with van der Waals surface area (Å²) >= 11 is 0. The van der Waals surface area contributed by atoms with Crippen LogP contribution in [0.25, 0.3) is 32.7 Å². The number of carbonyl (C=O) groups excluding carboxylic acids is 2. The highest BCUT2D eigenvalue weighted by Gasteiger charge is 2.45. The maximum Gasteiger partial charge on any atom is 0.167 e. The van der Waals surface area contributed by atoms with Crippen LogP contribution < -0.4 is 11.5 Å². The van der Waals surface area contributed by atoms with E-state index in [1.807, 2.05) is 72.8 Å². The Kier molecular flexibility index (Phi) is 7.74. The molecule has 0 saturated heterocycles. The van der Waals surface area contributed by atoms with E-state index in [0.29, 0.717) is 22.5 Å². The molecule has 4 nitrogen and oxygen atoms in total. The molecular formula is C49H36N2O2. The van der Waals surface area contributed by atoms with Gasteiger partial charge in [-0.05, 0) is 90.3 Å². The minimum absolute atomic E-state index is 0.0531. The molecule has 0 heterocycles.